The summed E-state index contributed by atoms with van der Waals surface area (Å²) in [7, 11) is 8.70. The van der Waals surface area contributed by atoms with Crippen molar-refractivity contribution in [2.45, 2.75) is 38.6 Å². The van der Waals surface area contributed by atoms with Gasteiger partial charge in [0.1, 0.15) is 0 Å². The van der Waals surface area contributed by atoms with E-state index in [1.165, 1.54) is 5.56 Å². The summed E-state index contributed by atoms with van der Waals surface area (Å²) in [6.07, 6.45) is 3.19. The van der Waals surface area contributed by atoms with E-state index in [1.807, 2.05) is 29.2 Å². The standard InChI is InChI=1S/C27H38N2O5.ClH/c1-19(28(2)12-7-8-20-9-10-23(31-3)24(14-20)32-4)18-29-13-11-21-15-25(33-5)26(34-6)16-22(21)17-27(29)30;/h9-10,14-16,19H,7-8,11-13,17-18H2,1-6H3;1H. The van der Waals surface area contributed by atoms with E-state index in [0.717, 1.165) is 48.4 Å². The maximum absolute atomic E-state index is 13.0. The first-order valence-electron chi connectivity index (χ1n) is 11.8. The third-order valence-electron chi connectivity index (χ3n) is 6.71. The first-order chi connectivity index (χ1) is 16.4. The van der Waals surface area contributed by atoms with Crippen molar-refractivity contribution in [1.29, 1.82) is 0 Å². The van der Waals surface area contributed by atoms with Crippen molar-refractivity contribution in [3.05, 3.63) is 47.0 Å². The lowest BCUT2D eigenvalue weighted by Gasteiger charge is -2.30. The molecule has 1 heterocycles. The van der Waals surface area contributed by atoms with Crippen LogP contribution in [-0.4, -0.2) is 76.9 Å². The van der Waals surface area contributed by atoms with Crippen LogP contribution in [0.4, 0.5) is 0 Å². The van der Waals surface area contributed by atoms with E-state index < -0.39 is 0 Å². The Labute approximate surface area is 215 Å². The van der Waals surface area contributed by atoms with Gasteiger partial charge in [0.05, 0.1) is 34.9 Å². The fourth-order valence-corrected chi connectivity index (χ4v) is 4.46. The molecule has 0 saturated carbocycles. The SMILES string of the molecule is COc1ccc(CCCN(C)C(C)CN2CCc3cc(OC)c(OC)cc3CC2=O)cc1OC.Cl. The van der Waals surface area contributed by atoms with Gasteiger partial charge in [0.15, 0.2) is 23.0 Å². The molecule has 1 aliphatic heterocycles. The quantitative estimate of drug-likeness (QED) is 0.458. The topological polar surface area (TPSA) is 60.5 Å². The molecule has 0 aromatic heterocycles. The molecule has 0 saturated heterocycles. The number of likely N-dealkylation sites (N-methyl/N-ethyl adjacent to an activating group) is 1. The van der Waals surface area contributed by atoms with Crippen molar-refractivity contribution >= 4 is 18.3 Å². The number of carbonyl (C=O) groups is 1. The van der Waals surface area contributed by atoms with Crippen LogP contribution in [0.3, 0.4) is 0 Å². The highest BCUT2D eigenvalue weighted by molar-refractivity contribution is 5.85. The third-order valence-corrected chi connectivity index (χ3v) is 6.71. The molecule has 1 unspecified atom stereocenters. The Hall–Kier alpha value is -2.64. The van der Waals surface area contributed by atoms with E-state index in [0.29, 0.717) is 31.0 Å². The molecule has 0 radical (unpaired) electrons. The molecule has 0 aliphatic carbocycles. The van der Waals surface area contributed by atoms with Crippen LogP contribution < -0.4 is 18.9 Å². The van der Waals surface area contributed by atoms with Crippen molar-refractivity contribution < 1.29 is 23.7 Å². The first-order valence-corrected chi connectivity index (χ1v) is 11.8. The van der Waals surface area contributed by atoms with E-state index in [1.54, 1.807) is 28.4 Å². The second-order valence-corrected chi connectivity index (χ2v) is 8.86. The zero-order valence-corrected chi connectivity index (χ0v) is 22.6. The molecule has 0 N–H and O–H groups in total. The number of methoxy groups -OCH3 is 4. The van der Waals surface area contributed by atoms with Gasteiger partial charge in [0.25, 0.3) is 0 Å². The summed E-state index contributed by atoms with van der Waals surface area (Å²) >= 11 is 0. The average Bonchev–Trinajstić information content (AvgIpc) is 3.00. The van der Waals surface area contributed by atoms with Crippen LogP contribution in [0, 0.1) is 0 Å². The number of aryl methyl sites for hydroxylation is 1. The van der Waals surface area contributed by atoms with Crippen LogP contribution in [0.5, 0.6) is 23.0 Å². The third kappa shape index (κ3) is 7.18. The minimum absolute atomic E-state index is 0. The minimum atomic E-state index is 0. The second kappa shape index (κ2) is 13.4. The maximum Gasteiger partial charge on any atom is 0.227 e. The predicted molar refractivity (Wildman–Crippen MR) is 141 cm³/mol. The lowest BCUT2D eigenvalue weighted by atomic mass is 10.0. The van der Waals surface area contributed by atoms with E-state index in [-0.39, 0.29) is 24.4 Å². The van der Waals surface area contributed by atoms with Gasteiger partial charge in [-0.15, -0.1) is 12.4 Å². The summed E-state index contributed by atoms with van der Waals surface area (Å²) in [5.41, 5.74) is 3.41. The van der Waals surface area contributed by atoms with Crippen molar-refractivity contribution in [3.8, 4) is 23.0 Å². The molecule has 0 spiro atoms. The number of benzene rings is 2. The van der Waals surface area contributed by atoms with Crippen molar-refractivity contribution in [3.63, 3.8) is 0 Å². The predicted octanol–water partition coefficient (Wildman–Crippen LogP) is 4.02. The van der Waals surface area contributed by atoms with Crippen molar-refractivity contribution in [1.82, 2.24) is 9.80 Å². The van der Waals surface area contributed by atoms with Crippen LogP contribution in [0.1, 0.15) is 30.0 Å². The van der Waals surface area contributed by atoms with Crippen molar-refractivity contribution in [2.75, 3.05) is 55.1 Å². The zero-order valence-electron chi connectivity index (χ0n) is 21.8. The average molecular weight is 507 g/mol. The summed E-state index contributed by atoms with van der Waals surface area (Å²) in [5.74, 6) is 3.06. The number of hydrogen-bond donors (Lipinski definition) is 0. The Morgan fingerprint density at radius 3 is 2.14 bits per heavy atom. The van der Waals surface area contributed by atoms with Gasteiger partial charge in [0, 0.05) is 19.1 Å². The van der Waals surface area contributed by atoms with Gasteiger partial charge in [0.2, 0.25) is 5.91 Å². The fraction of sp³-hybridized carbons (Fsp3) is 0.519. The highest BCUT2D eigenvalue weighted by Crippen LogP contribution is 2.32. The molecule has 3 rings (SSSR count). The van der Waals surface area contributed by atoms with Gasteiger partial charge in [-0.3, -0.25) is 4.79 Å². The molecular weight excluding hydrogens is 468 g/mol. The Balaban J connectivity index is 0.00000432. The molecule has 0 bridgehead atoms. The molecule has 7 nitrogen and oxygen atoms in total. The van der Waals surface area contributed by atoms with Crippen molar-refractivity contribution in [2.24, 2.45) is 0 Å². The first kappa shape index (κ1) is 28.6. The Bertz CT molecular complexity index is 984. The van der Waals surface area contributed by atoms with Gasteiger partial charge in [-0.1, -0.05) is 6.07 Å². The molecule has 1 atom stereocenters. The number of rotatable bonds is 11. The molecule has 8 heteroatoms. The summed E-state index contributed by atoms with van der Waals surface area (Å²) in [5, 5.41) is 0. The highest BCUT2D eigenvalue weighted by atomic mass is 35.5. The normalized spacial score (nSPS) is 14.0. The summed E-state index contributed by atoms with van der Waals surface area (Å²) in [6.45, 7) is 4.57. The van der Waals surface area contributed by atoms with Crippen LogP contribution in [0.15, 0.2) is 30.3 Å². The Kier molecular flexibility index (Phi) is 11.0. The van der Waals surface area contributed by atoms with E-state index in [4.69, 9.17) is 18.9 Å². The van der Waals surface area contributed by atoms with Crippen LogP contribution in [0.2, 0.25) is 0 Å². The smallest absolute Gasteiger partial charge is 0.227 e. The molecular formula is C27H39ClN2O5. The molecule has 35 heavy (non-hydrogen) atoms. The number of carbonyl (C=O) groups excluding carboxylic acids is 1. The molecule has 2 aromatic rings. The van der Waals surface area contributed by atoms with Gasteiger partial charge >= 0.3 is 0 Å². The van der Waals surface area contributed by atoms with E-state index >= 15 is 0 Å². The maximum atomic E-state index is 13.0. The lowest BCUT2D eigenvalue weighted by molar-refractivity contribution is -0.130. The Morgan fingerprint density at radius 1 is 0.914 bits per heavy atom. The second-order valence-electron chi connectivity index (χ2n) is 8.86. The Morgan fingerprint density at radius 2 is 1.51 bits per heavy atom. The number of halogens is 1. The summed E-state index contributed by atoms with van der Waals surface area (Å²) < 4.78 is 21.6. The number of fused-ring (bicyclic) bond motifs is 1. The van der Waals surface area contributed by atoms with E-state index in [2.05, 4.69) is 24.9 Å². The van der Waals surface area contributed by atoms with Gasteiger partial charge in [-0.25, -0.2) is 0 Å². The lowest BCUT2D eigenvalue weighted by Crippen LogP contribution is -2.44. The number of amides is 1. The molecule has 2 aromatic carbocycles. The highest BCUT2D eigenvalue weighted by Gasteiger charge is 2.24. The molecule has 1 amide bonds. The van der Waals surface area contributed by atoms with E-state index in [9.17, 15) is 4.79 Å². The van der Waals surface area contributed by atoms with Gasteiger partial charge in [-0.2, -0.15) is 0 Å². The fourth-order valence-electron chi connectivity index (χ4n) is 4.46. The number of hydrogen-bond acceptors (Lipinski definition) is 6. The summed E-state index contributed by atoms with van der Waals surface area (Å²) in [4.78, 5) is 17.3. The van der Waals surface area contributed by atoms with Gasteiger partial charge < -0.3 is 28.7 Å². The summed E-state index contributed by atoms with van der Waals surface area (Å²) in [6, 6.07) is 10.3. The van der Waals surface area contributed by atoms with Crippen LogP contribution in [0.25, 0.3) is 0 Å². The largest absolute Gasteiger partial charge is 0.493 e. The number of nitrogens with zero attached hydrogens (tertiary/aromatic N) is 2. The van der Waals surface area contributed by atoms with Crippen LogP contribution >= 0.6 is 12.4 Å². The number of ether oxygens (including phenoxy) is 4. The molecule has 1 aliphatic rings. The monoisotopic (exact) mass is 506 g/mol. The molecule has 0 fully saturated rings. The zero-order chi connectivity index (χ0) is 24.7. The molecule has 194 valence electrons. The van der Waals surface area contributed by atoms with Crippen LogP contribution in [-0.2, 0) is 24.1 Å². The minimum Gasteiger partial charge on any atom is -0.493 e. The van der Waals surface area contributed by atoms with Gasteiger partial charge in [-0.05, 0) is 80.7 Å².